The van der Waals surface area contributed by atoms with E-state index < -0.39 is 0 Å². The van der Waals surface area contributed by atoms with Gasteiger partial charge >= 0.3 is 0 Å². The first-order chi connectivity index (χ1) is 9.09. The first-order valence-corrected chi connectivity index (χ1v) is 6.39. The monoisotopic (exact) mass is 256 g/mol. The zero-order valence-electron chi connectivity index (χ0n) is 11.4. The van der Waals surface area contributed by atoms with E-state index >= 15 is 0 Å². The number of hydrogen-bond acceptors (Lipinski definition) is 1. The van der Waals surface area contributed by atoms with Gasteiger partial charge in [0.05, 0.1) is 0 Å². The number of benzene rings is 2. The molecule has 99 valence electrons. The van der Waals surface area contributed by atoms with Gasteiger partial charge in [-0.3, -0.25) is 0 Å². The topological polar surface area (TPSA) is 3.24 Å². The van der Waals surface area contributed by atoms with E-state index in [0.717, 1.165) is 11.1 Å². The second-order valence-corrected chi connectivity index (χ2v) is 4.97. The molecule has 2 unspecified atom stereocenters. The van der Waals surface area contributed by atoms with Crippen LogP contribution in [-0.2, 0) is 0 Å². The molecule has 0 fully saturated rings. The van der Waals surface area contributed by atoms with Crippen molar-refractivity contribution in [1.82, 2.24) is 4.90 Å². The Morgan fingerprint density at radius 1 is 0.947 bits per heavy atom. The highest BCUT2D eigenvalue weighted by Gasteiger charge is 2.23. The van der Waals surface area contributed by atoms with Gasteiger partial charge in [0.25, 0.3) is 0 Å². The summed E-state index contributed by atoms with van der Waals surface area (Å²) in [5, 5.41) is 0. The summed E-state index contributed by atoms with van der Waals surface area (Å²) in [6.45, 7) is 4.22. The van der Waals surface area contributed by atoms with Crippen molar-refractivity contribution in [3.05, 3.63) is 78.5 Å². The highest BCUT2D eigenvalue weighted by Crippen LogP contribution is 2.30. The molecular formula is C17H19FN. The lowest BCUT2D eigenvalue weighted by Crippen LogP contribution is -2.32. The summed E-state index contributed by atoms with van der Waals surface area (Å²) in [7, 11) is 3.99. The molecule has 2 aromatic carbocycles. The van der Waals surface area contributed by atoms with Gasteiger partial charge in [-0.05, 0) is 44.3 Å². The van der Waals surface area contributed by atoms with Crippen LogP contribution in [0.5, 0.6) is 0 Å². The van der Waals surface area contributed by atoms with Crippen LogP contribution in [0.1, 0.15) is 17.0 Å². The second kappa shape index (κ2) is 5.98. The molecule has 0 amide bonds. The quantitative estimate of drug-likeness (QED) is 0.806. The lowest BCUT2D eigenvalue weighted by atomic mass is 9.85. The predicted octanol–water partition coefficient (Wildman–Crippen LogP) is 3.72. The van der Waals surface area contributed by atoms with E-state index in [1.807, 2.05) is 38.4 Å². The Bertz CT molecular complexity index is 522. The summed E-state index contributed by atoms with van der Waals surface area (Å²) >= 11 is 0. The summed E-state index contributed by atoms with van der Waals surface area (Å²) < 4.78 is 13.5. The van der Waals surface area contributed by atoms with Crippen molar-refractivity contribution in [3.63, 3.8) is 0 Å². The average Bonchev–Trinajstić information content (AvgIpc) is 2.40. The van der Waals surface area contributed by atoms with Gasteiger partial charge in [-0.25, -0.2) is 4.39 Å². The summed E-state index contributed by atoms with van der Waals surface area (Å²) in [5.74, 6) is -0.142. The van der Waals surface area contributed by atoms with Crippen LogP contribution in [0.15, 0.2) is 54.6 Å². The fraction of sp³-hybridized carbons (Fsp3) is 0.235. The largest absolute Gasteiger partial charge is 0.306 e. The molecular weight excluding hydrogens is 237 g/mol. The standard InChI is InChI=1S/C17H19FN/c1-13(19(2)3)17(14-8-5-4-6-9-14)15-10-7-11-16(18)12-15/h4-13,17H,1H2,2-3H3. The fourth-order valence-electron chi connectivity index (χ4n) is 2.30. The minimum absolute atomic E-state index is 0.0456. The Labute approximate surface area is 114 Å². The SMILES string of the molecule is [CH2]C(C(c1ccccc1)c1cccc(F)c1)N(C)C. The molecule has 1 radical (unpaired) electrons. The Hall–Kier alpha value is -1.67. The number of halogens is 1. The van der Waals surface area contributed by atoms with Crippen LogP contribution in [-0.4, -0.2) is 25.0 Å². The molecule has 0 saturated carbocycles. The third kappa shape index (κ3) is 3.21. The first-order valence-electron chi connectivity index (χ1n) is 6.39. The summed E-state index contributed by atoms with van der Waals surface area (Å²) in [6, 6.07) is 17.0. The van der Waals surface area contributed by atoms with Crippen LogP contribution in [0.25, 0.3) is 0 Å². The third-order valence-corrected chi connectivity index (χ3v) is 3.41. The Morgan fingerprint density at radius 2 is 1.58 bits per heavy atom. The molecule has 2 aromatic rings. The first kappa shape index (κ1) is 13.8. The Kier molecular flexibility index (Phi) is 4.33. The molecule has 0 aromatic heterocycles. The molecule has 0 spiro atoms. The number of nitrogens with zero attached hydrogens (tertiary/aromatic N) is 1. The van der Waals surface area contributed by atoms with E-state index in [2.05, 4.69) is 24.0 Å². The third-order valence-electron chi connectivity index (χ3n) is 3.41. The average molecular weight is 256 g/mol. The zero-order chi connectivity index (χ0) is 13.8. The molecule has 19 heavy (non-hydrogen) atoms. The zero-order valence-corrected chi connectivity index (χ0v) is 11.4. The van der Waals surface area contributed by atoms with Crippen molar-refractivity contribution in [2.24, 2.45) is 0 Å². The fourth-order valence-corrected chi connectivity index (χ4v) is 2.30. The summed E-state index contributed by atoms with van der Waals surface area (Å²) in [6.07, 6.45) is 0. The van der Waals surface area contributed by atoms with E-state index in [4.69, 9.17) is 0 Å². The van der Waals surface area contributed by atoms with Gasteiger partial charge in [0.1, 0.15) is 5.82 Å². The summed E-state index contributed by atoms with van der Waals surface area (Å²) in [5.41, 5.74) is 2.11. The van der Waals surface area contributed by atoms with Crippen molar-refractivity contribution in [2.75, 3.05) is 14.1 Å². The van der Waals surface area contributed by atoms with Crippen molar-refractivity contribution >= 4 is 0 Å². The van der Waals surface area contributed by atoms with Crippen LogP contribution in [0.2, 0.25) is 0 Å². The van der Waals surface area contributed by atoms with E-state index in [0.29, 0.717) is 0 Å². The van der Waals surface area contributed by atoms with E-state index in [9.17, 15) is 4.39 Å². The van der Waals surface area contributed by atoms with E-state index in [1.54, 1.807) is 12.1 Å². The predicted molar refractivity (Wildman–Crippen MR) is 77.5 cm³/mol. The smallest absolute Gasteiger partial charge is 0.123 e. The second-order valence-electron chi connectivity index (χ2n) is 4.97. The van der Waals surface area contributed by atoms with Crippen LogP contribution < -0.4 is 0 Å². The van der Waals surface area contributed by atoms with Crippen LogP contribution in [0, 0.1) is 12.7 Å². The minimum Gasteiger partial charge on any atom is -0.306 e. The van der Waals surface area contributed by atoms with Crippen LogP contribution >= 0.6 is 0 Å². The van der Waals surface area contributed by atoms with Gasteiger partial charge in [0, 0.05) is 12.0 Å². The number of rotatable bonds is 4. The van der Waals surface area contributed by atoms with Gasteiger partial charge in [-0.15, -0.1) is 0 Å². The maximum Gasteiger partial charge on any atom is 0.123 e. The highest BCUT2D eigenvalue weighted by atomic mass is 19.1. The molecule has 0 aliphatic carbocycles. The normalized spacial score (nSPS) is 14.4. The van der Waals surface area contributed by atoms with Crippen molar-refractivity contribution in [1.29, 1.82) is 0 Å². The maximum atomic E-state index is 13.5. The van der Waals surface area contributed by atoms with E-state index in [1.165, 1.54) is 6.07 Å². The maximum absolute atomic E-state index is 13.5. The van der Waals surface area contributed by atoms with Crippen LogP contribution in [0.4, 0.5) is 4.39 Å². The molecule has 2 atom stereocenters. The molecule has 0 saturated heterocycles. The van der Waals surface area contributed by atoms with Crippen molar-refractivity contribution < 1.29 is 4.39 Å². The molecule has 0 heterocycles. The molecule has 2 heteroatoms. The van der Waals surface area contributed by atoms with Crippen molar-refractivity contribution in [2.45, 2.75) is 12.0 Å². The van der Waals surface area contributed by atoms with Gasteiger partial charge in [-0.1, -0.05) is 42.5 Å². The summed E-state index contributed by atoms with van der Waals surface area (Å²) in [4.78, 5) is 2.06. The Morgan fingerprint density at radius 3 is 2.16 bits per heavy atom. The molecule has 0 bridgehead atoms. The van der Waals surface area contributed by atoms with Gasteiger partial charge in [0.2, 0.25) is 0 Å². The van der Waals surface area contributed by atoms with Gasteiger partial charge in [-0.2, -0.15) is 0 Å². The minimum atomic E-state index is -0.204. The number of hydrogen-bond donors (Lipinski definition) is 0. The molecule has 2 rings (SSSR count). The van der Waals surface area contributed by atoms with Gasteiger partial charge in [0.15, 0.2) is 0 Å². The highest BCUT2D eigenvalue weighted by molar-refractivity contribution is 5.35. The van der Waals surface area contributed by atoms with Crippen LogP contribution in [0.3, 0.4) is 0 Å². The molecule has 0 aliphatic rings. The van der Waals surface area contributed by atoms with Crippen molar-refractivity contribution in [3.8, 4) is 0 Å². The molecule has 0 N–H and O–H groups in total. The lowest BCUT2D eigenvalue weighted by Gasteiger charge is -2.30. The van der Waals surface area contributed by atoms with Gasteiger partial charge < -0.3 is 4.90 Å². The molecule has 0 aliphatic heterocycles. The van der Waals surface area contributed by atoms with E-state index in [-0.39, 0.29) is 17.8 Å². The number of likely N-dealkylation sites (N-methyl/N-ethyl adjacent to an activating group) is 1. The Balaban J connectivity index is 2.46. The molecule has 1 nitrogen and oxygen atoms in total. The lowest BCUT2D eigenvalue weighted by molar-refractivity contribution is 0.316.